The van der Waals surface area contributed by atoms with Crippen LogP contribution in [0.5, 0.6) is 5.75 Å². The van der Waals surface area contributed by atoms with Gasteiger partial charge in [0.2, 0.25) is 0 Å². The summed E-state index contributed by atoms with van der Waals surface area (Å²) < 4.78 is 6.73. The summed E-state index contributed by atoms with van der Waals surface area (Å²) in [5.41, 5.74) is 4.32. The lowest BCUT2D eigenvalue weighted by Crippen LogP contribution is -2.18. The summed E-state index contributed by atoms with van der Waals surface area (Å²) in [6, 6.07) is 14.0. The molecule has 0 atom stereocenters. The summed E-state index contributed by atoms with van der Waals surface area (Å²) in [5.74, 6) is 0.272. The van der Waals surface area contributed by atoms with Gasteiger partial charge in [0.1, 0.15) is 17.5 Å². The number of carbonyl (C=O) groups is 1. The Hall–Kier alpha value is -1.87. The van der Waals surface area contributed by atoms with E-state index in [1.807, 2.05) is 24.3 Å². The molecule has 0 aliphatic heterocycles. The van der Waals surface area contributed by atoms with E-state index >= 15 is 0 Å². The molecule has 1 N–H and O–H groups in total. The highest BCUT2D eigenvalue weighted by atomic mass is 127. The van der Waals surface area contributed by atoms with Gasteiger partial charge in [-0.3, -0.25) is 4.79 Å². The predicted octanol–water partition coefficient (Wildman–Crippen LogP) is 5.99. The fourth-order valence-corrected chi connectivity index (χ4v) is 3.65. The zero-order chi connectivity index (χ0) is 20.8. The van der Waals surface area contributed by atoms with E-state index in [0.29, 0.717) is 22.4 Å². The van der Waals surface area contributed by atoms with E-state index in [9.17, 15) is 4.79 Å². The normalized spacial score (nSPS) is 10.9. The van der Waals surface area contributed by atoms with Crippen molar-refractivity contribution in [2.45, 2.75) is 6.61 Å². The van der Waals surface area contributed by atoms with Crippen molar-refractivity contribution in [3.63, 3.8) is 0 Å². The molecule has 0 saturated heterocycles. The number of rotatable bonds is 6. The average Bonchev–Trinajstić information content (AvgIpc) is 2.69. The molecule has 9 heteroatoms. The first-order valence-corrected chi connectivity index (χ1v) is 10.5. The second-order valence-electron chi connectivity index (χ2n) is 5.76. The lowest BCUT2D eigenvalue weighted by atomic mass is 10.2. The molecule has 148 valence electrons. The van der Waals surface area contributed by atoms with Crippen molar-refractivity contribution >= 4 is 69.5 Å². The Bertz CT molecular complexity index is 1080. The molecule has 5 nitrogen and oxygen atoms in total. The van der Waals surface area contributed by atoms with Crippen LogP contribution in [0, 0.1) is 3.57 Å². The zero-order valence-corrected chi connectivity index (χ0v) is 19.1. The maximum absolute atomic E-state index is 12.1. The standard InChI is InChI=1S/C20H13Cl3IN3O2/c21-14-5-4-13(16(22)9-14)11-29-18-6-3-12(8-17(18)24)10-26-27-20(28)15-2-1-7-25-19(15)23/h1-10H,11H2,(H,27,28). The Morgan fingerprint density at radius 2 is 2.00 bits per heavy atom. The van der Waals surface area contributed by atoms with E-state index in [1.54, 1.807) is 24.3 Å². The monoisotopic (exact) mass is 559 g/mol. The van der Waals surface area contributed by atoms with Gasteiger partial charge in [0, 0.05) is 21.8 Å². The van der Waals surface area contributed by atoms with Gasteiger partial charge in [-0.1, -0.05) is 40.9 Å². The van der Waals surface area contributed by atoms with Crippen LogP contribution in [0.4, 0.5) is 0 Å². The first kappa shape index (κ1) is 21.8. The highest BCUT2D eigenvalue weighted by molar-refractivity contribution is 14.1. The number of halogens is 4. The largest absolute Gasteiger partial charge is 0.488 e. The number of carbonyl (C=O) groups excluding carboxylic acids is 1. The Kier molecular flexibility index (Phi) is 7.71. The Labute approximate surface area is 196 Å². The van der Waals surface area contributed by atoms with Gasteiger partial charge in [-0.05, 0) is 70.6 Å². The number of hydrogen-bond acceptors (Lipinski definition) is 4. The topological polar surface area (TPSA) is 63.6 Å². The molecule has 1 amide bonds. The molecule has 29 heavy (non-hydrogen) atoms. The summed E-state index contributed by atoms with van der Waals surface area (Å²) in [5, 5.41) is 5.22. The van der Waals surface area contributed by atoms with Crippen molar-refractivity contribution in [1.29, 1.82) is 0 Å². The maximum atomic E-state index is 12.1. The van der Waals surface area contributed by atoms with Crippen molar-refractivity contribution in [3.8, 4) is 5.75 Å². The summed E-state index contributed by atoms with van der Waals surface area (Å²) in [7, 11) is 0. The lowest BCUT2D eigenvalue weighted by Gasteiger charge is -2.10. The van der Waals surface area contributed by atoms with Gasteiger partial charge < -0.3 is 4.74 Å². The second-order valence-corrected chi connectivity index (χ2v) is 8.12. The van der Waals surface area contributed by atoms with Crippen LogP contribution in [0.25, 0.3) is 0 Å². The highest BCUT2D eigenvalue weighted by Crippen LogP contribution is 2.25. The molecule has 0 saturated carbocycles. The molecule has 0 bridgehead atoms. The number of nitrogens with one attached hydrogen (secondary N) is 1. The van der Waals surface area contributed by atoms with Crippen LogP contribution >= 0.6 is 57.4 Å². The van der Waals surface area contributed by atoms with Gasteiger partial charge in [0.25, 0.3) is 5.91 Å². The van der Waals surface area contributed by atoms with E-state index in [4.69, 9.17) is 39.5 Å². The molecule has 0 fully saturated rings. The molecule has 3 rings (SSSR count). The Balaban J connectivity index is 1.61. The van der Waals surface area contributed by atoms with Gasteiger partial charge in [0.15, 0.2) is 0 Å². The lowest BCUT2D eigenvalue weighted by molar-refractivity contribution is 0.0955. The number of hydrazone groups is 1. The minimum Gasteiger partial charge on any atom is -0.488 e. The fraction of sp³-hybridized carbons (Fsp3) is 0.0500. The fourth-order valence-electron chi connectivity index (χ4n) is 2.29. The quantitative estimate of drug-likeness (QED) is 0.174. The zero-order valence-electron chi connectivity index (χ0n) is 14.7. The smallest absolute Gasteiger partial charge is 0.274 e. The van der Waals surface area contributed by atoms with E-state index in [-0.39, 0.29) is 10.7 Å². The number of aromatic nitrogens is 1. The molecule has 0 radical (unpaired) electrons. The van der Waals surface area contributed by atoms with Crippen LogP contribution in [0.3, 0.4) is 0 Å². The van der Waals surface area contributed by atoms with Crippen molar-refractivity contribution < 1.29 is 9.53 Å². The van der Waals surface area contributed by atoms with Crippen LogP contribution in [0.1, 0.15) is 21.5 Å². The van der Waals surface area contributed by atoms with Gasteiger partial charge in [-0.25, -0.2) is 10.4 Å². The molecule has 0 aliphatic rings. The number of ether oxygens (including phenoxy) is 1. The molecule has 1 heterocycles. The minimum absolute atomic E-state index is 0.122. The van der Waals surface area contributed by atoms with Gasteiger partial charge in [-0.2, -0.15) is 5.10 Å². The first-order chi connectivity index (χ1) is 13.9. The van der Waals surface area contributed by atoms with Crippen LogP contribution in [0.2, 0.25) is 15.2 Å². The third-order valence-corrected chi connectivity index (χ3v) is 5.47. The molecule has 1 aromatic heterocycles. The number of nitrogens with zero attached hydrogens (tertiary/aromatic N) is 2. The number of benzene rings is 2. The number of amides is 1. The summed E-state index contributed by atoms with van der Waals surface area (Å²) >= 11 is 20.1. The Morgan fingerprint density at radius 3 is 2.72 bits per heavy atom. The van der Waals surface area contributed by atoms with E-state index < -0.39 is 5.91 Å². The summed E-state index contributed by atoms with van der Waals surface area (Å²) in [4.78, 5) is 15.9. The van der Waals surface area contributed by atoms with Crippen LogP contribution in [0.15, 0.2) is 59.8 Å². The van der Waals surface area contributed by atoms with Crippen molar-refractivity contribution in [3.05, 3.63) is 90.2 Å². The van der Waals surface area contributed by atoms with Gasteiger partial charge >= 0.3 is 0 Å². The minimum atomic E-state index is -0.436. The summed E-state index contributed by atoms with van der Waals surface area (Å²) in [6.07, 6.45) is 3.04. The van der Waals surface area contributed by atoms with Gasteiger partial charge in [-0.15, -0.1) is 0 Å². The van der Waals surface area contributed by atoms with E-state index in [1.165, 1.54) is 12.4 Å². The molecule has 0 aliphatic carbocycles. The van der Waals surface area contributed by atoms with E-state index in [0.717, 1.165) is 14.7 Å². The van der Waals surface area contributed by atoms with Crippen molar-refractivity contribution in [1.82, 2.24) is 10.4 Å². The molecule has 0 spiro atoms. The average molecular weight is 561 g/mol. The number of pyridine rings is 1. The Morgan fingerprint density at radius 1 is 1.17 bits per heavy atom. The second kappa shape index (κ2) is 10.2. The third-order valence-electron chi connectivity index (χ3n) is 3.74. The molecule has 3 aromatic rings. The van der Waals surface area contributed by atoms with Crippen molar-refractivity contribution in [2.24, 2.45) is 5.10 Å². The highest BCUT2D eigenvalue weighted by Gasteiger charge is 2.09. The predicted molar refractivity (Wildman–Crippen MR) is 124 cm³/mol. The van der Waals surface area contributed by atoms with Gasteiger partial charge in [0.05, 0.1) is 15.3 Å². The first-order valence-electron chi connectivity index (χ1n) is 8.24. The molecular formula is C20H13Cl3IN3O2. The molecule has 2 aromatic carbocycles. The maximum Gasteiger partial charge on any atom is 0.274 e. The SMILES string of the molecule is O=C(NN=Cc1ccc(OCc2ccc(Cl)cc2Cl)c(I)c1)c1cccnc1Cl. The molecular weight excluding hydrogens is 548 g/mol. The van der Waals surface area contributed by atoms with Crippen LogP contribution in [-0.2, 0) is 6.61 Å². The molecule has 0 unspecified atom stereocenters. The van der Waals surface area contributed by atoms with E-state index in [2.05, 4.69) is 38.1 Å². The number of hydrogen-bond donors (Lipinski definition) is 1. The summed E-state index contributed by atoms with van der Waals surface area (Å²) in [6.45, 7) is 0.321. The van der Waals surface area contributed by atoms with Crippen LogP contribution in [-0.4, -0.2) is 17.1 Å². The van der Waals surface area contributed by atoms with Crippen molar-refractivity contribution in [2.75, 3.05) is 0 Å². The van der Waals surface area contributed by atoms with Crippen LogP contribution < -0.4 is 10.2 Å². The third kappa shape index (κ3) is 6.05.